The topological polar surface area (TPSA) is 93.2 Å². The second kappa shape index (κ2) is 9.80. The fraction of sp³-hybridized carbons (Fsp3) is 0.0435. The van der Waals surface area contributed by atoms with Gasteiger partial charge in [0.2, 0.25) is 0 Å². The SMILES string of the molecule is O=C(Nc1cc(F)ccc1NC(=O)c1ccccn1)c1cccc(OCc2cscn2)c1. The molecule has 2 N–H and O–H groups in total. The quantitative estimate of drug-likeness (QED) is 0.425. The monoisotopic (exact) mass is 448 g/mol. The Labute approximate surface area is 186 Å². The minimum Gasteiger partial charge on any atom is -0.487 e. The number of hydrogen-bond acceptors (Lipinski definition) is 6. The Bertz CT molecular complexity index is 1230. The first kappa shape index (κ1) is 21.1. The molecule has 2 aromatic heterocycles. The van der Waals surface area contributed by atoms with Crippen LogP contribution in [0.15, 0.2) is 77.8 Å². The van der Waals surface area contributed by atoms with Gasteiger partial charge in [-0.1, -0.05) is 12.1 Å². The van der Waals surface area contributed by atoms with Crippen molar-refractivity contribution in [3.63, 3.8) is 0 Å². The van der Waals surface area contributed by atoms with E-state index in [4.69, 9.17) is 4.74 Å². The van der Waals surface area contributed by atoms with E-state index in [1.165, 1.54) is 29.7 Å². The zero-order valence-electron chi connectivity index (χ0n) is 16.6. The fourth-order valence-corrected chi connectivity index (χ4v) is 3.34. The highest BCUT2D eigenvalue weighted by molar-refractivity contribution is 7.07. The van der Waals surface area contributed by atoms with E-state index in [9.17, 15) is 14.0 Å². The zero-order chi connectivity index (χ0) is 22.3. The molecule has 0 bridgehead atoms. The number of halogens is 1. The van der Waals surface area contributed by atoms with Gasteiger partial charge < -0.3 is 15.4 Å². The molecule has 0 saturated heterocycles. The number of aromatic nitrogens is 2. The summed E-state index contributed by atoms with van der Waals surface area (Å²) >= 11 is 1.47. The van der Waals surface area contributed by atoms with Crippen LogP contribution >= 0.6 is 11.3 Å². The number of carbonyl (C=O) groups excluding carboxylic acids is 2. The summed E-state index contributed by atoms with van der Waals surface area (Å²) in [5.74, 6) is -1.03. The van der Waals surface area contributed by atoms with E-state index in [0.717, 1.165) is 11.8 Å². The van der Waals surface area contributed by atoms with Crippen molar-refractivity contribution in [1.29, 1.82) is 0 Å². The minimum absolute atomic E-state index is 0.119. The minimum atomic E-state index is -0.559. The molecule has 0 saturated carbocycles. The summed E-state index contributed by atoms with van der Waals surface area (Å²) in [5, 5.41) is 7.16. The van der Waals surface area contributed by atoms with Crippen LogP contribution in [-0.4, -0.2) is 21.8 Å². The normalized spacial score (nSPS) is 10.4. The van der Waals surface area contributed by atoms with Crippen LogP contribution in [0.1, 0.15) is 26.5 Å². The standard InChI is InChI=1S/C23H17FN4O3S/c24-16-7-8-19(27-23(30)20-6-1-2-9-25-20)21(11-16)28-22(29)15-4-3-5-18(10-15)31-12-17-13-32-14-26-17/h1-11,13-14H,12H2,(H,27,30)(H,28,29). The number of ether oxygens (including phenoxy) is 1. The first-order valence-electron chi connectivity index (χ1n) is 9.52. The van der Waals surface area contributed by atoms with Crippen molar-refractivity contribution in [1.82, 2.24) is 9.97 Å². The lowest BCUT2D eigenvalue weighted by atomic mass is 10.2. The summed E-state index contributed by atoms with van der Waals surface area (Å²) in [5.41, 5.74) is 3.37. The number of hydrogen-bond donors (Lipinski definition) is 2. The van der Waals surface area contributed by atoms with Gasteiger partial charge in [-0.2, -0.15) is 0 Å². The van der Waals surface area contributed by atoms with Gasteiger partial charge in [0.15, 0.2) is 0 Å². The van der Waals surface area contributed by atoms with Crippen molar-refractivity contribution in [2.75, 3.05) is 10.6 Å². The maximum atomic E-state index is 13.9. The van der Waals surface area contributed by atoms with Crippen molar-refractivity contribution in [2.45, 2.75) is 6.61 Å². The molecule has 2 heterocycles. The van der Waals surface area contributed by atoms with Crippen LogP contribution in [-0.2, 0) is 6.61 Å². The average Bonchev–Trinajstić information content (AvgIpc) is 3.34. The second-order valence-electron chi connectivity index (χ2n) is 6.61. The second-order valence-corrected chi connectivity index (χ2v) is 7.33. The highest BCUT2D eigenvalue weighted by Gasteiger charge is 2.14. The highest BCUT2D eigenvalue weighted by atomic mass is 32.1. The van der Waals surface area contributed by atoms with Crippen LogP contribution in [0, 0.1) is 5.82 Å². The first-order chi connectivity index (χ1) is 15.6. The van der Waals surface area contributed by atoms with E-state index in [0.29, 0.717) is 11.3 Å². The Hall–Kier alpha value is -4.11. The van der Waals surface area contributed by atoms with Crippen molar-refractivity contribution in [2.24, 2.45) is 0 Å². The summed E-state index contributed by atoms with van der Waals surface area (Å²) in [6.45, 7) is 0.280. The number of carbonyl (C=O) groups is 2. The Morgan fingerprint density at radius 1 is 0.938 bits per heavy atom. The molecule has 160 valence electrons. The summed E-state index contributed by atoms with van der Waals surface area (Å²) < 4.78 is 19.5. The largest absolute Gasteiger partial charge is 0.487 e. The highest BCUT2D eigenvalue weighted by Crippen LogP contribution is 2.25. The average molecular weight is 448 g/mol. The van der Waals surface area contributed by atoms with Crippen molar-refractivity contribution >= 4 is 34.5 Å². The molecule has 0 atom stereocenters. The molecule has 7 nitrogen and oxygen atoms in total. The van der Waals surface area contributed by atoms with Gasteiger partial charge in [0.05, 0.1) is 22.6 Å². The Kier molecular flexibility index (Phi) is 6.47. The van der Waals surface area contributed by atoms with Crippen LogP contribution in [0.5, 0.6) is 5.75 Å². The molecule has 2 aromatic carbocycles. The smallest absolute Gasteiger partial charge is 0.274 e. The van der Waals surface area contributed by atoms with Crippen LogP contribution in [0.4, 0.5) is 15.8 Å². The van der Waals surface area contributed by atoms with Crippen LogP contribution in [0.25, 0.3) is 0 Å². The number of nitrogens with one attached hydrogen (secondary N) is 2. The number of rotatable bonds is 7. The van der Waals surface area contributed by atoms with E-state index in [-0.39, 0.29) is 23.7 Å². The number of thiazole rings is 1. The number of benzene rings is 2. The lowest BCUT2D eigenvalue weighted by molar-refractivity contribution is 0.101. The van der Waals surface area contributed by atoms with Gasteiger partial charge in [-0.3, -0.25) is 14.6 Å². The third kappa shape index (κ3) is 5.32. The van der Waals surface area contributed by atoms with Gasteiger partial charge in [0, 0.05) is 17.1 Å². The predicted molar refractivity (Wildman–Crippen MR) is 119 cm³/mol. The molecule has 0 aliphatic heterocycles. The van der Waals surface area contributed by atoms with Gasteiger partial charge in [-0.15, -0.1) is 11.3 Å². The fourth-order valence-electron chi connectivity index (χ4n) is 2.80. The van der Waals surface area contributed by atoms with Crippen LogP contribution in [0.2, 0.25) is 0 Å². The molecular weight excluding hydrogens is 431 g/mol. The number of nitrogens with zero attached hydrogens (tertiary/aromatic N) is 2. The van der Waals surface area contributed by atoms with Gasteiger partial charge in [-0.05, 0) is 48.5 Å². The van der Waals surface area contributed by atoms with Crippen LogP contribution in [0.3, 0.4) is 0 Å². The van der Waals surface area contributed by atoms with E-state index in [2.05, 4.69) is 20.6 Å². The summed E-state index contributed by atoms with van der Waals surface area (Å²) in [4.78, 5) is 33.3. The van der Waals surface area contributed by atoms with Gasteiger partial charge in [-0.25, -0.2) is 9.37 Å². The zero-order valence-corrected chi connectivity index (χ0v) is 17.4. The Morgan fingerprint density at radius 3 is 2.59 bits per heavy atom. The number of pyridine rings is 1. The lowest BCUT2D eigenvalue weighted by Gasteiger charge is -2.13. The van der Waals surface area contributed by atoms with E-state index in [1.54, 1.807) is 48.0 Å². The van der Waals surface area contributed by atoms with Crippen LogP contribution < -0.4 is 15.4 Å². The van der Waals surface area contributed by atoms with E-state index in [1.807, 2.05) is 5.38 Å². The lowest BCUT2D eigenvalue weighted by Crippen LogP contribution is -2.17. The molecule has 0 aliphatic carbocycles. The molecule has 9 heteroatoms. The third-order valence-electron chi connectivity index (χ3n) is 4.34. The van der Waals surface area contributed by atoms with Gasteiger partial charge >= 0.3 is 0 Å². The summed E-state index contributed by atoms with van der Waals surface area (Å²) in [6.07, 6.45) is 1.49. The van der Waals surface area contributed by atoms with Gasteiger partial charge in [0.25, 0.3) is 11.8 Å². The maximum absolute atomic E-state index is 13.9. The van der Waals surface area contributed by atoms with Crippen molar-refractivity contribution < 1.29 is 18.7 Å². The molecule has 0 fully saturated rings. The summed E-state index contributed by atoms with van der Waals surface area (Å²) in [7, 11) is 0. The molecule has 4 aromatic rings. The maximum Gasteiger partial charge on any atom is 0.274 e. The molecule has 0 radical (unpaired) electrons. The van der Waals surface area contributed by atoms with Gasteiger partial charge in [0.1, 0.15) is 23.9 Å². The van der Waals surface area contributed by atoms with Crippen molar-refractivity contribution in [3.8, 4) is 5.75 Å². The first-order valence-corrected chi connectivity index (χ1v) is 10.5. The molecule has 0 unspecified atom stereocenters. The molecule has 0 aliphatic rings. The number of anilines is 2. The molecule has 2 amide bonds. The third-order valence-corrected chi connectivity index (χ3v) is 4.98. The molecule has 4 rings (SSSR count). The van der Waals surface area contributed by atoms with E-state index < -0.39 is 17.6 Å². The molecular formula is C23H17FN4O3S. The molecule has 32 heavy (non-hydrogen) atoms. The predicted octanol–water partition coefficient (Wildman–Crippen LogP) is 4.76. The Balaban J connectivity index is 1.48. The number of amides is 2. The van der Waals surface area contributed by atoms with Crippen molar-refractivity contribution in [3.05, 3.63) is 101 Å². The molecule has 0 spiro atoms. The van der Waals surface area contributed by atoms with E-state index >= 15 is 0 Å². The summed E-state index contributed by atoms with van der Waals surface area (Å²) in [6, 6.07) is 15.2. The Morgan fingerprint density at radius 2 is 1.81 bits per heavy atom.